The smallest absolute Gasteiger partial charge is 0.349 e. The molecule has 0 saturated heterocycles. The lowest BCUT2D eigenvalue weighted by atomic mass is 10.1. The van der Waals surface area contributed by atoms with Crippen LogP contribution in [-0.2, 0) is 9.53 Å². The first-order valence-electron chi connectivity index (χ1n) is 7.69. The van der Waals surface area contributed by atoms with Gasteiger partial charge in [0.25, 0.3) is 5.91 Å². The van der Waals surface area contributed by atoms with Crippen LogP contribution in [0.2, 0.25) is 0 Å². The van der Waals surface area contributed by atoms with Crippen molar-refractivity contribution in [1.29, 1.82) is 0 Å². The molecule has 0 aliphatic heterocycles. The maximum Gasteiger partial charge on any atom is 0.349 e. The minimum atomic E-state index is -0.825. The van der Waals surface area contributed by atoms with E-state index < -0.39 is 12.1 Å². The quantitative estimate of drug-likeness (QED) is 0.695. The Hall–Kier alpha value is -1.92. The number of fused-ring (bicyclic) bond motifs is 3. The normalized spacial score (nSPS) is 13.2. The highest BCUT2D eigenvalue weighted by Gasteiger charge is 2.24. The number of esters is 1. The molecular weight excluding hydrogens is 342 g/mol. The lowest BCUT2D eigenvalue weighted by Crippen LogP contribution is -2.46. The average Bonchev–Trinajstić information content (AvgIpc) is 3.02. The van der Waals surface area contributed by atoms with Gasteiger partial charge in [0.05, 0.1) is 4.70 Å². The van der Waals surface area contributed by atoms with E-state index in [1.807, 2.05) is 39.0 Å². The minimum Gasteiger partial charge on any atom is -0.448 e. The third kappa shape index (κ3) is 3.44. The molecule has 1 atom stereocenters. The fourth-order valence-electron chi connectivity index (χ4n) is 2.34. The van der Waals surface area contributed by atoms with E-state index in [9.17, 15) is 9.59 Å². The predicted molar refractivity (Wildman–Crippen MR) is 100.0 cm³/mol. The van der Waals surface area contributed by atoms with Crippen molar-refractivity contribution in [2.24, 2.45) is 0 Å². The van der Waals surface area contributed by atoms with Gasteiger partial charge in [-0.25, -0.2) is 4.79 Å². The number of benzene rings is 1. The zero-order valence-corrected chi connectivity index (χ0v) is 15.6. The standard InChI is InChI=1S/C18H19NO3S2/c1-10(16(20)19-18(2,3)4)22-17(21)14-9-13-15(24-14)11-7-5-6-8-12(11)23-13/h5-10H,1-4H3,(H,19,20)/t10-/m0/s1. The summed E-state index contributed by atoms with van der Waals surface area (Å²) in [6.45, 7) is 7.25. The Bertz CT molecular complexity index is 917. The summed E-state index contributed by atoms with van der Waals surface area (Å²) in [6, 6.07) is 9.97. The highest BCUT2D eigenvalue weighted by atomic mass is 32.1. The molecule has 0 aliphatic carbocycles. The van der Waals surface area contributed by atoms with Crippen molar-refractivity contribution in [2.45, 2.75) is 39.3 Å². The van der Waals surface area contributed by atoms with E-state index >= 15 is 0 Å². The van der Waals surface area contributed by atoms with E-state index in [2.05, 4.69) is 17.4 Å². The van der Waals surface area contributed by atoms with Gasteiger partial charge in [-0.15, -0.1) is 22.7 Å². The van der Waals surface area contributed by atoms with Crippen LogP contribution in [0.5, 0.6) is 0 Å². The SMILES string of the molecule is C[C@H](OC(=O)c1cc2sc3ccccc3c2s1)C(=O)NC(C)(C)C. The maximum atomic E-state index is 12.3. The third-order valence-electron chi connectivity index (χ3n) is 3.40. The Labute approximate surface area is 148 Å². The Morgan fingerprint density at radius 2 is 1.83 bits per heavy atom. The molecule has 1 N–H and O–H groups in total. The van der Waals surface area contributed by atoms with Crippen LogP contribution in [0.15, 0.2) is 30.3 Å². The van der Waals surface area contributed by atoms with Crippen LogP contribution in [0.1, 0.15) is 37.4 Å². The number of carbonyl (C=O) groups is 2. The van der Waals surface area contributed by atoms with Gasteiger partial charge in [-0.1, -0.05) is 18.2 Å². The molecule has 0 aliphatic rings. The maximum absolute atomic E-state index is 12.3. The van der Waals surface area contributed by atoms with Gasteiger partial charge >= 0.3 is 5.97 Å². The first kappa shape index (κ1) is 16.9. The first-order valence-corrected chi connectivity index (χ1v) is 9.32. The molecule has 2 aromatic heterocycles. The fraction of sp³-hybridized carbons (Fsp3) is 0.333. The van der Waals surface area contributed by atoms with Crippen LogP contribution in [0.4, 0.5) is 0 Å². The zero-order valence-electron chi connectivity index (χ0n) is 14.0. The van der Waals surface area contributed by atoms with Crippen molar-refractivity contribution in [3.05, 3.63) is 35.2 Å². The van der Waals surface area contributed by atoms with E-state index in [-0.39, 0.29) is 11.4 Å². The molecule has 1 amide bonds. The fourth-order valence-corrected chi connectivity index (χ4v) is 4.75. The monoisotopic (exact) mass is 361 g/mol. The summed E-state index contributed by atoms with van der Waals surface area (Å²) >= 11 is 3.07. The summed E-state index contributed by atoms with van der Waals surface area (Å²) in [6.07, 6.45) is -0.825. The molecule has 0 unspecified atom stereocenters. The van der Waals surface area contributed by atoms with Crippen molar-refractivity contribution in [1.82, 2.24) is 5.32 Å². The lowest BCUT2D eigenvalue weighted by Gasteiger charge is -2.23. The number of rotatable bonds is 3. The lowest BCUT2D eigenvalue weighted by molar-refractivity contribution is -0.130. The summed E-state index contributed by atoms with van der Waals surface area (Å²) in [5.41, 5.74) is -0.359. The summed E-state index contributed by atoms with van der Waals surface area (Å²) in [7, 11) is 0. The minimum absolute atomic E-state index is 0.292. The molecule has 0 bridgehead atoms. The van der Waals surface area contributed by atoms with Gasteiger partial charge in [-0.05, 0) is 39.8 Å². The number of thiophene rings is 2. The molecule has 24 heavy (non-hydrogen) atoms. The first-order chi connectivity index (χ1) is 11.2. The molecule has 0 radical (unpaired) electrons. The Morgan fingerprint density at radius 1 is 1.12 bits per heavy atom. The molecule has 0 saturated carbocycles. The van der Waals surface area contributed by atoms with Crippen molar-refractivity contribution < 1.29 is 14.3 Å². The number of nitrogens with one attached hydrogen (secondary N) is 1. The average molecular weight is 361 g/mol. The zero-order chi connectivity index (χ0) is 17.5. The Morgan fingerprint density at radius 3 is 2.54 bits per heavy atom. The number of ether oxygens (including phenoxy) is 1. The van der Waals surface area contributed by atoms with Crippen LogP contribution in [0.25, 0.3) is 19.5 Å². The Balaban J connectivity index is 1.77. The summed E-state index contributed by atoms with van der Waals surface area (Å²) in [5, 5.41) is 3.96. The highest BCUT2D eigenvalue weighted by Crippen LogP contribution is 2.39. The van der Waals surface area contributed by atoms with Crippen molar-refractivity contribution >= 4 is 54.0 Å². The number of carbonyl (C=O) groups excluding carboxylic acids is 2. The molecule has 1 aromatic carbocycles. The summed E-state index contributed by atoms with van der Waals surface area (Å²) in [5.74, 6) is -0.747. The molecule has 2 heterocycles. The predicted octanol–water partition coefficient (Wildman–Crippen LogP) is 4.58. The highest BCUT2D eigenvalue weighted by molar-refractivity contribution is 7.33. The van der Waals surface area contributed by atoms with Crippen LogP contribution < -0.4 is 5.32 Å². The molecule has 3 aromatic rings. The van der Waals surface area contributed by atoms with E-state index in [4.69, 9.17) is 4.74 Å². The van der Waals surface area contributed by atoms with E-state index in [0.717, 1.165) is 14.8 Å². The van der Waals surface area contributed by atoms with Gasteiger partial charge < -0.3 is 10.1 Å². The van der Waals surface area contributed by atoms with Crippen molar-refractivity contribution in [3.8, 4) is 0 Å². The van der Waals surface area contributed by atoms with Crippen molar-refractivity contribution in [3.63, 3.8) is 0 Å². The number of hydrogen-bond acceptors (Lipinski definition) is 5. The third-order valence-corrected chi connectivity index (χ3v) is 5.80. The van der Waals surface area contributed by atoms with Crippen LogP contribution in [-0.4, -0.2) is 23.5 Å². The Kier molecular flexibility index (Phi) is 4.36. The number of amides is 1. The van der Waals surface area contributed by atoms with Gasteiger partial charge in [-0.2, -0.15) is 0 Å². The molecule has 4 nitrogen and oxygen atoms in total. The molecular formula is C18H19NO3S2. The van der Waals surface area contributed by atoms with E-state index in [1.165, 1.54) is 16.0 Å². The number of hydrogen-bond donors (Lipinski definition) is 1. The van der Waals surface area contributed by atoms with E-state index in [0.29, 0.717) is 4.88 Å². The summed E-state index contributed by atoms with van der Waals surface area (Å²) < 4.78 is 8.69. The second-order valence-electron chi connectivity index (χ2n) is 6.69. The molecule has 3 rings (SSSR count). The van der Waals surface area contributed by atoms with Gasteiger partial charge in [0, 0.05) is 20.3 Å². The molecule has 0 fully saturated rings. The van der Waals surface area contributed by atoms with Crippen molar-refractivity contribution in [2.75, 3.05) is 0 Å². The van der Waals surface area contributed by atoms with Gasteiger partial charge in [0.15, 0.2) is 6.10 Å². The second-order valence-corrected chi connectivity index (χ2v) is 8.83. The van der Waals surface area contributed by atoms with Crippen LogP contribution in [0, 0.1) is 0 Å². The topological polar surface area (TPSA) is 55.4 Å². The van der Waals surface area contributed by atoms with Gasteiger partial charge in [-0.3, -0.25) is 4.79 Å². The largest absolute Gasteiger partial charge is 0.448 e. The van der Waals surface area contributed by atoms with Gasteiger partial charge in [0.2, 0.25) is 0 Å². The van der Waals surface area contributed by atoms with E-state index in [1.54, 1.807) is 18.3 Å². The molecule has 0 spiro atoms. The molecule has 6 heteroatoms. The van der Waals surface area contributed by atoms with Crippen LogP contribution in [0.3, 0.4) is 0 Å². The summed E-state index contributed by atoms with van der Waals surface area (Å²) in [4.78, 5) is 24.9. The second kappa shape index (κ2) is 6.18. The van der Waals surface area contributed by atoms with Crippen LogP contribution >= 0.6 is 22.7 Å². The molecule has 126 valence electrons. The van der Waals surface area contributed by atoms with Gasteiger partial charge in [0.1, 0.15) is 4.88 Å².